The minimum atomic E-state index is -0.846. The molecule has 2 atom stereocenters. The number of nitrogens with one attached hydrogen (secondary N) is 1. The predicted molar refractivity (Wildman–Crippen MR) is 142 cm³/mol. The van der Waals surface area contributed by atoms with Crippen LogP contribution in [0.4, 0.5) is 0 Å². The average Bonchev–Trinajstić information content (AvgIpc) is 3.31. The van der Waals surface area contributed by atoms with Crippen LogP contribution < -0.4 is 10.3 Å². The van der Waals surface area contributed by atoms with E-state index in [0.29, 0.717) is 29.4 Å². The number of nitrogens with zero attached hydrogens (tertiary/aromatic N) is 4. The molecule has 0 aliphatic rings. The van der Waals surface area contributed by atoms with Gasteiger partial charge in [-0.05, 0) is 62.7 Å². The molecule has 2 unspecified atom stereocenters. The van der Waals surface area contributed by atoms with E-state index in [-0.39, 0.29) is 38.6 Å². The zero-order valence-corrected chi connectivity index (χ0v) is 22.1. The van der Waals surface area contributed by atoms with Crippen LogP contribution in [0.5, 0.6) is 5.75 Å². The Morgan fingerprint density at radius 1 is 1.11 bits per heavy atom. The maximum absolute atomic E-state index is 12.6. The molecule has 2 aromatic heterocycles. The summed E-state index contributed by atoms with van der Waals surface area (Å²) in [4.78, 5) is 44.4. The lowest BCUT2D eigenvalue weighted by molar-refractivity contribution is -0.151. The second kappa shape index (κ2) is 11.4. The van der Waals surface area contributed by atoms with Crippen molar-refractivity contribution in [3.8, 4) is 28.3 Å². The number of aromatic nitrogens is 5. The van der Waals surface area contributed by atoms with Gasteiger partial charge in [-0.15, -0.1) is 5.10 Å². The number of hydrogen-bond acceptors (Lipinski definition) is 8. The van der Waals surface area contributed by atoms with Gasteiger partial charge in [0, 0.05) is 8.73 Å². The Kier molecular flexibility index (Phi) is 8.08. The first-order valence-electron chi connectivity index (χ1n) is 11.9. The van der Waals surface area contributed by atoms with Crippen molar-refractivity contribution in [2.75, 3.05) is 19.9 Å². The lowest BCUT2D eigenvalue weighted by Crippen LogP contribution is -2.26. The molecule has 0 saturated heterocycles. The summed E-state index contributed by atoms with van der Waals surface area (Å²) in [5.74, 6) is -0.672. The monoisotopic (exact) mass is 521 g/mol. The first-order chi connectivity index (χ1) is 17.9. The fraction of sp³-hybridized carbons (Fsp3) is 0.308. The molecule has 4 rings (SSSR count). The topological polar surface area (TPSA) is 129 Å². The molecule has 10 nitrogen and oxygen atoms in total. The lowest BCUT2D eigenvalue weighted by Gasteiger charge is -2.15. The Hall–Kier alpha value is -3.91. The van der Waals surface area contributed by atoms with E-state index in [1.807, 2.05) is 56.1 Å². The highest BCUT2D eigenvalue weighted by atomic mass is 31.1. The second-order valence-corrected chi connectivity index (χ2v) is 9.15. The molecule has 1 N–H and O–H groups in total. The van der Waals surface area contributed by atoms with Crippen molar-refractivity contribution in [1.29, 1.82) is 0 Å². The van der Waals surface area contributed by atoms with E-state index in [0.717, 1.165) is 16.7 Å². The third kappa shape index (κ3) is 5.59. The van der Waals surface area contributed by atoms with Crippen LogP contribution in [-0.2, 0) is 20.7 Å². The summed E-state index contributed by atoms with van der Waals surface area (Å²) in [6.45, 7) is 7.56. The molecule has 0 saturated carbocycles. The Morgan fingerprint density at radius 3 is 2.59 bits per heavy atom. The molecular weight excluding hydrogens is 493 g/mol. The average molecular weight is 522 g/mol. The van der Waals surface area contributed by atoms with E-state index in [9.17, 15) is 14.4 Å². The number of carbonyl (C=O) groups is 2. The quantitative estimate of drug-likeness (QED) is 0.190. The lowest BCUT2D eigenvalue weighted by atomic mass is 9.93. The summed E-state index contributed by atoms with van der Waals surface area (Å²) in [7, 11) is 0.275. The van der Waals surface area contributed by atoms with Crippen LogP contribution in [-0.4, -0.2) is 56.4 Å². The van der Waals surface area contributed by atoms with Crippen LogP contribution in [0.1, 0.15) is 26.3 Å². The van der Waals surface area contributed by atoms with Crippen molar-refractivity contribution in [2.24, 2.45) is 5.92 Å². The molecule has 0 radical (unpaired) electrons. The summed E-state index contributed by atoms with van der Waals surface area (Å²) in [6, 6.07) is 13.3. The van der Waals surface area contributed by atoms with Gasteiger partial charge in [-0.1, -0.05) is 35.5 Å². The summed E-state index contributed by atoms with van der Waals surface area (Å²) in [5, 5.41) is 7.93. The molecule has 11 heteroatoms. The zero-order chi connectivity index (χ0) is 26.5. The van der Waals surface area contributed by atoms with Gasteiger partial charge in [0.05, 0.1) is 18.8 Å². The first kappa shape index (κ1) is 26.2. The Bertz CT molecular complexity index is 1510. The maximum atomic E-state index is 12.6. The molecule has 37 heavy (non-hydrogen) atoms. The number of ketones is 1. The fourth-order valence-electron chi connectivity index (χ4n) is 4.02. The Morgan fingerprint density at radius 2 is 1.89 bits per heavy atom. The SMILES string of the molecule is CCOC(=O)C(Cc1cccc(-c2ccc(-c3nc4c(nnn4PC)c(=O)[nH]3)c(OCC)c2)c1)C(C)=O. The van der Waals surface area contributed by atoms with Crippen molar-refractivity contribution in [2.45, 2.75) is 27.2 Å². The van der Waals surface area contributed by atoms with E-state index in [1.165, 1.54) is 6.92 Å². The van der Waals surface area contributed by atoms with Gasteiger partial charge in [-0.25, -0.2) is 9.44 Å². The smallest absolute Gasteiger partial charge is 0.316 e. The molecule has 2 heterocycles. The van der Waals surface area contributed by atoms with E-state index >= 15 is 0 Å². The zero-order valence-electron chi connectivity index (χ0n) is 21.1. The van der Waals surface area contributed by atoms with Crippen LogP contribution in [0.25, 0.3) is 33.7 Å². The van der Waals surface area contributed by atoms with Gasteiger partial charge in [0.1, 0.15) is 23.3 Å². The Balaban J connectivity index is 1.71. The second-order valence-electron chi connectivity index (χ2n) is 8.28. The van der Waals surface area contributed by atoms with E-state index < -0.39 is 11.9 Å². The number of esters is 1. The van der Waals surface area contributed by atoms with Gasteiger partial charge in [0.25, 0.3) is 5.56 Å². The van der Waals surface area contributed by atoms with Gasteiger partial charge in [-0.2, -0.15) is 0 Å². The van der Waals surface area contributed by atoms with E-state index in [4.69, 9.17) is 9.47 Å². The molecular formula is C26H28N5O5P. The number of aromatic amines is 1. The maximum Gasteiger partial charge on any atom is 0.316 e. The fourth-order valence-corrected chi connectivity index (χ4v) is 4.53. The minimum Gasteiger partial charge on any atom is -0.493 e. The van der Waals surface area contributed by atoms with Gasteiger partial charge >= 0.3 is 5.97 Å². The third-order valence-electron chi connectivity index (χ3n) is 5.82. The molecule has 0 fully saturated rings. The van der Waals surface area contributed by atoms with Crippen molar-refractivity contribution >= 4 is 31.6 Å². The van der Waals surface area contributed by atoms with Crippen molar-refractivity contribution in [3.05, 3.63) is 58.4 Å². The predicted octanol–water partition coefficient (Wildman–Crippen LogP) is 3.63. The summed E-state index contributed by atoms with van der Waals surface area (Å²) < 4.78 is 12.6. The van der Waals surface area contributed by atoms with Gasteiger partial charge in [-0.3, -0.25) is 14.4 Å². The van der Waals surface area contributed by atoms with Crippen LogP contribution in [0.15, 0.2) is 47.3 Å². The van der Waals surface area contributed by atoms with Crippen molar-refractivity contribution in [1.82, 2.24) is 24.7 Å². The van der Waals surface area contributed by atoms with Gasteiger partial charge in [0.2, 0.25) is 0 Å². The van der Waals surface area contributed by atoms with Crippen LogP contribution in [0.3, 0.4) is 0 Å². The largest absolute Gasteiger partial charge is 0.493 e. The molecule has 0 bridgehead atoms. The molecule has 2 aromatic carbocycles. The van der Waals surface area contributed by atoms with E-state index in [2.05, 4.69) is 20.3 Å². The number of Topliss-reactive ketones (excluding diaryl/α,β-unsaturated/α-hetero) is 1. The van der Waals surface area contributed by atoms with Crippen LogP contribution in [0.2, 0.25) is 0 Å². The number of H-pyrrole nitrogens is 1. The number of rotatable bonds is 10. The van der Waals surface area contributed by atoms with Crippen LogP contribution in [0, 0.1) is 5.92 Å². The normalized spacial score (nSPS) is 12.2. The Labute approximate surface area is 215 Å². The molecule has 4 aromatic rings. The van der Waals surface area contributed by atoms with Crippen molar-refractivity contribution < 1.29 is 19.1 Å². The third-order valence-corrected chi connectivity index (χ3v) is 6.55. The number of benzene rings is 2. The summed E-state index contributed by atoms with van der Waals surface area (Å²) in [6.07, 6.45) is 0.253. The highest BCUT2D eigenvalue weighted by Crippen LogP contribution is 2.33. The summed E-state index contributed by atoms with van der Waals surface area (Å²) >= 11 is 0. The number of fused-ring (bicyclic) bond motifs is 1. The number of hydrogen-bond donors (Lipinski definition) is 1. The number of carbonyl (C=O) groups excluding carboxylic acids is 2. The molecule has 0 aliphatic heterocycles. The first-order valence-corrected chi connectivity index (χ1v) is 13.4. The highest BCUT2D eigenvalue weighted by Gasteiger charge is 2.25. The molecule has 0 aliphatic carbocycles. The minimum absolute atomic E-state index is 0.191. The standard InChI is InChI=1S/C26H28N5O5P/c1-5-35-21-14-18(17-9-7-8-16(12-17)13-20(15(3)32)26(34)36-6-2)10-11-19(21)23-27-24-22(25(33)28-23)29-30-31(24)37-4/h7-12,14,20,37H,5-6,13H2,1-4H3,(H,27,28,33). The number of ether oxygens (including phenoxy) is 2. The molecule has 0 amide bonds. The van der Waals surface area contributed by atoms with Crippen molar-refractivity contribution in [3.63, 3.8) is 0 Å². The molecule has 0 spiro atoms. The molecule has 192 valence electrons. The highest BCUT2D eigenvalue weighted by molar-refractivity contribution is 7.35. The van der Waals surface area contributed by atoms with Crippen LogP contribution >= 0.6 is 8.73 Å². The van der Waals surface area contributed by atoms with Gasteiger partial charge < -0.3 is 14.5 Å². The van der Waals surface area contributed by atoms with E-state index in [1.54, 1.807) is 11.4 Å². The summed E-state index contributed by atoms with van der Waals surface area (Å²) in [5.41, 5.74) is 3.47. The van der Waals surface area contributed by atoms with Gasteiger partial charge in [0.15, 0.2) is 11.2 Å².